The summed E-state index contributed by atoms with van der Waals surface area (Å²) >= 11 is 3.25. The molecule has 0 aliphatic carbocycles. The Kier molecular flexibility index (Phi) is 5.00. The first-order valence-electron chi connectivity index (χ1n) is 6.18. The van der Waals surface area contributed by atoms with E-state index in [1.807, 2.05) is 0 Å². The summed E-state index contributed by atoms with van der Waals surface area (Å²) in [6.07, 6.45) is 0. The zero-order valence-electron chi connectivity index (χ0n) is 11.2. The highest BCUT2D eigenvalue weighted by Crippen LogP contribution is 2.14. The van der Waals surface area contributed by atoms with Gasteiger partial charge in [-0.3, -0.25) is 14.9 Å². The summed E-state index contributed by atoms with van der Waals surface area (Å²) in [4.78, 5) is 33.7. The van der Waals surface area contributed by atoms with Gasteiger partial charge in [0.25, 0.3) is 5.69 Å². The second-order valence-electron chi connectivity index (χ2n) is 4.31. The van der Waals surface area contributed by atoms with Gasteiger partial charge < -0.3 is 4.74 Å². The third kappa shape index (κ3) is 3.98. The Balaban J connectivity index is 2.00. The molecular weight excluding hydrogens is 354 g/mol. The van der Waals surface area contributed by atoms with E-state index in [-0.39, 0.29) is 17.0 Å². The second kappa shape index (κ2) is 6.95. The number of nitrogens with zero attached hydrogens (tertiary/aromatic N) is 1. The van der Waals surface area contributed by atoms with Gasteiger partial charge in [0.15, 0.2) is 12.4 Å². The minimum atomic E-state index is -0.783. The number of non-ortho nitro benzene ring substituents is 1. The van der Waals surface area contributed by atoms with E-state index in [9.17, 15) is 19.7 Å². The van der Waals surface area contributed by atoms with Gasteiger partial charge in [0, 0.05) is 22.2 Å². The minimum absolute atomic E-state index is 0.0257. The van der Waals surface area contributed by atoms with E-state index >= 15 is 0 Å². The van der Waals surface area contributed by atoms with Crippen molar-refractivity contribution in [2.24, 2.45) is 0 Å². The van der Waals surface area contributed by atoms with E-state index in [0.29, 0.717) is 5.56 Å². The molecule has 0 saturated heterocycles. The van der Waals surface area contributed by atoms with E-state index in [2.05, 4.69) is 15.9 Å². The van der Waals surface area contributed by atoms with E-state index < -0.39 is 17.5 Å². The van der Waals surface area contributed by atoms with Crippen LogP contribution in [0.15, 0.2) is 53.0 Å². The molecule has 0 unspecified atom stereocenters. The molecular formula is C15H10BrNO5. The first-order chi connectivity index (χ1) is 10.5. The third-order valence-electron chi connectivity index (χ3n) is 2.79. The zero-order valence-corrected chi connectivity index (χ0v) is 12.8. The molecule has 0 heterocycles. The lowest BCUT2D eigenvalue weighted by molar-refractivity contribution is -0.384. The predicted octanol–water partition coefficient (Wildman–Crippen LogP) is 3.40. The van der Waals surface area contributed by atoms with Crippen molar-refractivity contribution in [1.82, 2.24) is 0 Å². The summed E-state index contributed by atoms with van der Waals surface area (Å²) < 4.78 is 5.72. The van der Waals surface area contributed by atoms with Crippen LogP contribution in [0, 0.1) is 10.1 Å². The number of hydrogen-bond acceptors (Lipinski definition) is 5. The van der Waals surface area contributed by atoms with Crippen molar-refractivity contribution >= 4 is 33.4 Å². The quantitative estimate of drug-likeness (QED) is 0.351. The molecule has 2 rings (SSSR count). The van der Waals surface area contributed by atoms with Gasteiger partial charge in [-0.1, -0.05) is 34.1 Å². The number of nitro groups is 1. The highest BCUT2D eigenvalue weighted by Gasteiger charge is 2.14. The number of benzene rings is 2. The van der Waals surface area contributed by atoms with Gasteiger partial charge in [-0.15, -0.1) is 0 Å². The molecule has 2 aromatic carbocycles. The number of hydrogen-bond donors (Lipinski definition) is 0. The number of rotatable bonds is 5. The fourth-order valence-electron chi connectivity index (χ4n) is 1.68. The van der Waals surface area contributed by atoms with Gasteiger partial charge in [-0.05, 0) is 18.2 Å². The van der Waals surface area contributed by atoms with Crippen molar-refractivity contribution in [2.45, 2.75) is 0 Å². The van der Waals surface area contributed by atoms with Gasteiger partial charge in [-0.2, -0.15) is 0 Å². The maximum absolute atomic E-state index is 11.9. The Morgan fingerprint density at radius 3 is 2.41 bits per heavy atom. The average Bonchev–Trinajstić information content (AvgIpc) is 2.53. The van der Waals surface area contributed by atoms with Crippen molar-refractivity contribution in [3.63, 3.8) is 0 Å². The minimum Gasteiger partial charge on any atom is -0.454 e. The van der Waals surface area contributed by atoms with Crippen LogP contribution in [0.25, 0.3) is 0 Å². The molecule has 0 fully saturated rings. The standard InChI is InChI=1S/C15H10BrNO5/c16-12-6-4-10(5-7-12)14(18)9-22-15(19)11-2-1-3-13(8-11)17(20)21/h1-8H,9H2. The van der Waals surface area contributed by atoms with Crippen LogP contribution >= 0.6 is 15.9 Å². The number of carbonyl (C=O) groups is 2. The SMILES string of the molecule is O=C(COC(=O)c1cccc([N+](=O)[O-])c1)c1ccc(Br)cc1. The molecule has 112 valence electrons. The van der Waals surface area contributed by atoms with Crippen molar-refractivity contribution in [3.8, 4) is 0 Å². The smallest absolute Gasteiger partial charge is 0.338 e. The van der Waals surface area contributed by atoms with Crippen LogP contribution in [0.3, 0.4) is 0 Å². The maximum atomic E-state index is 11.9. The maximum Gasteiger partial charge on any atom is 0.338 e. The molecule has 0 amide bonds. The lowest BCUT2D eigenvalue weighted by Gasteiger charge is -2.04. The average molecular weight is 364 g/mol. The molecule has 0 radical (unpaired) electrons. The van der Waals surface area contributed by atoms with Crippen LogP contribution in [0.1, 0.15) is 20.7 Å². The predicted molar refractivity (Wildman–Crippen MR) is 81.9 cm³/mol. The molecule has 0 N–H and O–H groups in total. The van der Waals surface area contributed by atoms with Crippen molar-refractivity contribution < 1.29 is 19.2 Å². The molecule has 0 atom stereocenters. The summed E-state index contributed by atoms with van der Waals surface area (Å²) in [5, 5.41) is 10.6. The highest BCUT2D eigenvalue weighted by molar-refractivity contribution is 9.10. The molecule has 0 aromatic heterocycles. The third-order valence-corrected chi connectivity index (χ3v) is 3.32. The van der Waals surface area contributed by atoms with Gasteiger partial charge >= 0.3 is 5.97 Å². The fourth-order valence-corrected chi connectivity index (χ4v) is 1.94. The number of ketones is 1. The molecule has 6 nitrogen and oxygen atoms in total. The first kappa shape index (κ1) is 15.8. The van der Waals surface area contributed by atoms with Crippen LogP contribution < -0.4 is 0 Å². The summed E-state index contributed by atoms with van der Waals surface area (Å²) in [6.45, 7) is -0.427. The Bertz CT molecular complexity index is 727. The Labute approximate surface area is 134 Å². The summed E-state index contributed by atoms with van der Waals surface area (Å²) in [7, 11) is 0. The monoisotopic (exact) mass is 363 g/mol. The normalized spacial score (nSPS) is 10.0. The fraction of sp³-hybridized carbons (Fsp3) is 0.0667. The topological polar surface area (TPSA) is 86.5 Å². The number of nitro benzene ring substituents is 1. The van der Waals surface area contributed by atoms with Crippen LogP contribution in [-0.2, 0) is 4.74 Å². The largest absolute Gasteiger partial charge is 0.454 e. The van der Waals surface area contributed by atoms with E-state index in [4.69, 9.17) is 4.74 Å². The molecule has 0 saturated carbocycles. The Morgan fingerprint density at radius 1 is 1.09 bits per heavy atom. The van der Waals surface area contributed by atoms with Gasteiger partial charge in [0.1, 0.15) is 0 Å². The number of Topliss-reactive ketones (excluding diaryl/α,β-unsaturated/α-hetero) is 1. The highest BCUT2D eigenvalue weighted by atomic mass is 79.9. The van der Waals surface area contributed by atoms with Crippen LogP contribution in [-0.4, -0.2) is 23.3 Å². The van der Waals surface area contributed by atoms with E-state index in [1.165, 1.54) is 18.2 Å². The van der Waals surface area contributed by atoms with E-state index in [0.717, 1.165) is 10.5 Å². The van der Waals surface area contributed by atoms with Gasteiger partial charge in [0.2, 0.25) is 0 Å². The van der Waals surface area contributed by atoms with E-state index in [1.54, 1.807) is 24.3 Å². The Morgan fingerprint density at radius 2 is 1.77 bits per heavy atom. The molecule has 0 bridgehead atoms. The lowest BCUT2D eigenvalue weighted by atomic mass is 10.1. The summed E-state index contributed by atoms with van der Waals surface area (Å²) in [5.74, 6) is -1.14. The zero-order chi connectivity index (χ0) is 16.1. The number of halogens is 1. The molecule has 0 aliphatic rings. The lowest BCUT2D eigenvalue weighted by Crippen LogP contribution is -2.14. The Hall–Kier alpha value is -2.54. The van der Waals surface area contributed by atoms with Crippen molar-refractivity contribution in [1.29, 1.82) is 0 Å². The second-order valence-corrected chi connectivity index (χ2v) is 5.23. The van der Waals surface area contributed by atoms with Crippen molar-refractivity contribution in [2.75, 3.05) is 6.61 Å². The molecule has 2 aromatic rings. The summed E-state index contributed by atoms with van der Waals surface area (Å²) in [6, 6.07) is 11.8. The number of carbonyl (C=O) groups excluding carboxylic acids is 2. The number of esters is 1. The molecule has 22 heavy (non-hydrogen) atoms. The van der Waals surface area contributed by atoms with Crippen LogP contribution in [0.4, 0.5) is 5.69 Å². The first-order valence-corrected chi connectivity index (χ1v) is 6.97. The van der Waals surface area contributed by atoms with Crippen LogP contribution in [0.2, 0.25) is 0 Å². The van der Waals surface area contributed by atoms with Crippen molar-refractivity contribution in [3.05, 3.63) is 74.2 Å². The van der Waals surface area contributed by atoms with Gasteiger partial charge in [0.05, 0.1) is 10.5 Å². The van der Waals surface area contributed by atoms with Crippen LogP contribution in [0.5, 0.6) is 0 Å². The number of ether oxygens (including phenoxy) is 1. The molecule has 0 aliphatic heterocycles. The summed E-state index contributed by atoms with van der Waals surface area (Å²) in [5.41, 5.74) is 0.224. The van der Waals surface area contributed by atoms with Gasteiger partial charge in [-0.25, -0.2) is 4.79 Å². The molecule has 0 spiro atoms. The molecule has 7 heteroatoms.